The summed E-state index contributed by atoms with van der Waals surface area (Å²) in [5.74, 6) is 0. The van der Waals surface area contributed by atoms with Crippen LogP contribution in [0.1, 0.15) is 0 Å². The lowest BCUT2D eigenvalue weighted by molar-refractivity contribution is 0.897. The fraction of sp³-hybridized carbons (Fsp3) is 0. The summed E-state index contributed by atoms with van der Waals surface area (Å²) < 4.78 is 2.75. The maximum Gasteiger partial charge on any atom is 0.203 e. The Bertz CT molecular complexity index is 651. The number of aromatic nitrogens is 5. The third kappa shape index (κ3) is 2.16. The summed E-state index contributed by atoms with van der Waals surface area (Å²) in [5.41, 5.74) is 0.812. The van der Waals surface area contributed by atoms with Gasteiger partial charge in [-0.25, -0.2) is 9.97 Å². The van der Waals surface area contributed by atoms with Gasteiger partial charge in [-0.15, -0.1) is 10.2 Å². The van der Waals surface area contributed by atoms with Gasteiger partial charge >= 0.3 is 0 Å². The zero-order valence-electron chi connectivity index (χ0n) is 8.49. The van der Waals surface area contributed by atoms with Crippen LogP contribution in [0.15, 0.2) is 51.6 Å². The van der Waals surface area contributed by atoms with Crippen molar-refractivity contribution in [2.75, 3.05) is 0 Å². The first-order chi connectivity index (χ1) is 8.33. The van der Waals surface area contributed by atoms with E-state index in [1.807, 2.05) is 28.8 Å². The Morgan fingerprint density at radius 1 is 1.12 bits per heavy atom. The van der Waals surface area contributed by atoms with E-state index >= 15 is 0 Å². The minimum absolute atomic E-state index is 0.645. The SMILES string of the molecule is Brc1cnc(Sc2nnc3ccccn23)nc1. The highest BCUT2D eigenvalue weighted by Gasteiger charge is 2.08. The van der Waals surface area contributed by atoms with E-state index in [1.165, 1.54) is 11.8 Å². The van der Waals surface area contributed by atoms with Gasteiger partial charge in [-0.05, 0) is 39.8 Å². The molecule has 0 saturated carbocycles. The van der Waals surface area contributed by atoms with E-state index < -0.39 is 0 Å². The zero-order valence-corrected chi connectivity index (χ0v) is 10.9. The second-order valence-corrected chi connectivity index (χ2v) is 5.05. The second kappa shape index (κ2) is 4.42. The van der Waals surface area contributed by atoms with Crippen LogP contribution in [0.2, 0.25) is 0 Å². The molecule has 84 valence electrons. The van der Waals surface area contributed by atoms with Crippen molar-refractivity contribution in [2.45, 2.75) is 10.3 Å². The molecule has 0 radical (unpaired) electrons. The van der Waals surface area contributed by atoms with E-state index in [0.29, 0.717) is 5.16 Å². The average molecular weight is 308 g/mol. The first-order valence-electron chi connectivity index (χ1n) is 4.78. The van der Waals surface area contributed by atoms with Gasteiger partial charge in [0.15, 0.2) is 10.8 Å². The van der Waals surface area contributed by atoms with Crippen molar-refractivity contribution < 1.29 is 0 Å². The summed E-state index contributed by atoms with van der Waals surface area (Å²) in [5, 5.41) is 9.55. The van der Waals surface area contributed by atoms with E-state index in [9.17, 15) is 0 Å². The van der Waals surface area contributed by atoms with Crippen molar-refractivity contribution in [1.82, 2.24) is 24.6 Å². The number of fused-ring (bicyclic) bond motifs is 1. The van der Waals surface area contributed by atoms with Crippen LogP contribution < -0.4 is 0 Å². The largest absolute Gasteiger partial charge is 0.277 e. The van der Waals surface area contributed by atoms with Crippen LogP contribution in [-0.4, -0.2) is 24.6 Å². The van der Waals surface area contributed by atoms with Crippen LogP contribution in [0.3, 0.4) is 0 Å². The maximum absolute atomic E-state index is 4.18. The van der Waals surface area contributed by atoms with Crippen molar-refractivity contribution in [3.8, 4) is 0 Å². The Kier molecular flexibility index (Phi) is 2.77. The van der Waals surface area contributed by atoms with Crippen molar-refractivity contribution >= 4 is 33.3 Å². The van der Waals surface area contributed by atoms with Gasteiger partial charge in [0.25, 0.3) is 0 Å². The summed E-state index contributed by atoms with van der Waals surface area (Å²) >= 11 is 4.67. The van der Waals surface area contributed by atoms with E-state index in [-0.39, 0.29) is 0 Å². The van der Waals surface area contributed by atoms with Crippen LogP contribution in [0.5, 0.6) is 0 Å². The number of pyridine rings is 1. The third-order valence-corrected chi connectivity index (χ3v) is 3.33. The van der Waals surface area contributed by atoms with Gasteiger partial charge < -0.3 is 0 Å². The summed E-state index contributed by atoms with van der Waals surface area (Å²) in [4.78, 5) is 8.37. The Morgan fingerprint density at radius 3 is 2.76 bits per heavy atom. The smallest absolute Gasteiger partial charge is 0.203 e. The zero-order chi connectivity index (χ0) is 11.7. The highest BCUT2D eigenvalue weighted by molar-refractivity contribution is 9.10. The molecule has 3 aromatic heterocycles. The van der Waals surface area contributed by atoms with Crippen LogP contribution in [0, 0.1) is 0 Å². The molecule has 0 spiro atoms. The molecule has 0 unspecified atom stereocenters. The molecule has 0 atom stereocenters. The molecule has 0 N–H and O–H groups in total. The molecule has 7 heteroatoms. The predicted octanol–water partition coefficient (Wildman–Crippen LogP) is 2.43. The first-order valence-corrected chi connectivity index (χ1v) is 6.39. The summed E-state index contributed by atoms with van der Waals surface area (Å²) in [6, 6.07) is 5.76. The lowest BCUT2D eigenvalue weighted by Crippen LogP contribution is -1.89. The normalized spacial score (nSPS) is 10.9. The van der Waals surface area contributed by atoms with E-state index in [4.69, 9.17) is 0 Å². The molecule has 0 aliphatic rings. The number of halogens is 1. The third-order valence-electron chi connectivity index (χ3n) is 2.06. The van der Waals surface area contributed by atoms with Gasteiger partial charge in [0.05, 0.1) is 4.47 Å². The topological polar surface area (TPSA) is 56.0 Å². The summed E-state index contributed by atoms with van der Waals surface area (Å²) in [6.45, 7) is 0. The van der Waals surface area contributed by atoms with Gasteiger partial charge in [0, 0.05) is 18.6 Å². The van der Waals surface area contributed by atoms with Crippen LogP contribution >= 0.6 is 27.7 Å². The van der Waals surface area contributed by atoms with Crippen molar-refractivity contribution in [2.24, 2.45) is 0 Å². The van der Waals surface area contributed by atoms with Crippen LogP contribution in [0.4, 0.5) is 0 Å². The van der Waals surface area contributed by atoms with Gasteiger partial charge in [-0.3, -0.25) is 4.40 Å². The van der Waals surface area contributed by atoms with E-state index in [0.717, 1.165) is 15.3 Å². The number of nitrogens with zero attached hydrogens (tertiary/aromatic N) is 5. The molecule has 3 aromatic rings. The van der Waals surface area contributed by atoms with Crippen molar-refractivity contribution in [1.29, 1.82) is 0 Å². The maximum atomic E-state index is 4.18. The van der Waals surface area contributed by atoms with E-state index in [1.54, 1.807) is 12.4 Å². The fourth-order valence-corrected chi connectivity index (χ4v) is 2.24. The lowest BCUT2D eigenvalue weighted by Gasteiger charge is -1.98. The molecule has 0 fully saturated rings. The van der Waals surface area contributed by atoms with Crippen LogP contribution in [0.25, 0.3) is 5.65 Å². The molecule has 0 aliphatic carbocycles. The first kappa shape index (κ1) is 10.7. The monoisotopic (exact) mass is 307 g/mol. The minimum Gasteiger partial charge on any atom is -0.277 e. The Hall–Kier alpha value is -1.47. The number of hydrogen-bond acceptors (Lipinski definition) is 5. The Balaban J connectivity index is 1.97. The molecule has 3 rings (SSSR count). The number of hydrogen-bond donors (Lipinski definition) is 0. The molecule has 0 aromatic carbocycles. The molecule has 3 heterocycles. The van der Waals surface area contributed by atoms with Gasteiger partial charge in [0.2, 0.25) is 5.16 Å². The average Bonchev–Trinajstić information content (AvgIpc) is 2.76. The Morgan fingerprint density at radius 2 is 1.94 bits per heavy atom. The quantitative estimate of drug-likeness (QED) is 0.681. The molecule has 17 heavy (non-hydrogen) atoms. The molecule has 5 nitrogen and oxygen atoms in total. The van der Waals surface area contributed by atoms with Crippen molar-refractivity contribution in [3.63, 3.8) is 0 Å². The molecule has 0 bridgehead atoms. The molecule has 0 aliphatic heterocycles. The van der Waals surface area contributed by atoms with Gasteiger partial charge in [0.1, 0.15) is 0 Å². The summed E-state index contributed by atoms with van der Waals surface area (Å²) in [7, 11) is 0. The number of rotatable bonds is 2. The van der Waals surface area contributed by atoms with E-state index in [2.05, 4.69) is 36.1 Å². The van der Waals surface area contributed by atoms with Gasteiger partial charge in [-0.1, -0.05) is 6.07 Å². The fourth-order valence-electron chi connectivity index (χ4n) is 1.32. The van der Waals surface area contributed by atoms with Crippen LogP contribution in [-0.2, 0) is 0 Å². The second-order valence-electron chi connectivity index (χ2n) is 3.20. The minimum atomic E-state index is 0.645. The lowest BCUT2D eigenvalue weighted by atomic mass is 10.5. The summed E-state index contributed by atoms with van der Waals surface area (Å²) in [6.07, 6.45) is 5.33. The standard InChI is InChI=1S/C10H6BrN5S/c11-7-5-12-9(13-6-7)17-10-15-14-8-3-1-2-4-16(8)10/h1-6H. The Labute approximate surface area is 109 Å². The van der Waals surface area contributed by atoms with Gasteiger partial charge in [-0.2, -0.15) is 0 Å². The molecular formula is C10H6BrN5S. The highest BCUT2D eigenvalue weighted by atomic mass is 79.9. The molecule has 0 amide bonds. The molecular weight excluding hydrogens is 302 g/mol. The highest BCUT2D eigenvalue weighted by Crippen LogP contribution is 2.23. The van der Waals surface area contributed by atoms with Crippen molar-refractivity contribution in [3.05, 3.63) is 41.3 Å². The predicted molar refractivity (Wildman–Crippen MR) is 66.8 cm³/mol. The molecule has 0 saturated heterocycles.